The Morgan fingerprint density at radius 3 is 2.62 bits per heavy atom. The van der Waals surface area contributed by atoms with Crippen LogP contribution in [0.1, 0.15) is 22.5 Å². The summed E-state index contributed by atoms with van der Waals surface area (Å²) in [5.74, 6) is 0.720. The van der Waals surface area contributed by atoms with Crippen LogP contribution in [0.3, 0.4) is 0 Å². The Morgan fingerprint density at radius 2 is 1.96 bits per heavy atom. The first kappa shape index (κ1) is 16.1. The lowest BCUT2D eigenvalue weighted by molar-refractivity contribution is 0.964. The van der Waals surface area contributed by atoms with Crippen molar-refractivity contribution in [1.29, 1.82) is 0 Å². The fourth-order valence-corrected chi connectivity index (χ4v) is 2.48. The molecule has 2 aromatic heterocycles. The van der Waals surface area contributed by atoms with Gasteiger partial charge in [0.15, 0.2) is 0 Å². The summed E-state index contributed by atoms with van der Waals surface area (Å²) in [6, 6.07) is 15.6. The van der Waals surface area contributed by atoms with Crippen LogP contribution < -0.4 is 5.32 Å². The van der Waals surface area contributed by atoms with Gasteiger partial charge in [0.25, 0.3) is 0 Å². The van der Waals surface area contributed by atoms with Crippen LogP contribution >= 0.6 is 11.6 Å². The van der Waals surface area contributed by atoms with Gasteiger partial charge in [-0.2, -0.15) is 5.10 Å². The Morgan fingerprint density at radius 1 is 1.08 bits per heavy atom. The second-order valence-corrected chi connectivity index (χ2v) is 5.96. The minimum Gasteiger partial charge on any atom is -0.339 e. The Bertz CT molecular complexity index is 842. The Hall–Kier alpha value is -2.72. The van der Waals surface area contributed by atoms with Gasteiger partial charge in [-0.1, -0.05) is 36.4 Å². The molecule has 0 atom stereocenters. The van der Waals surface area contributed by atoms with Gasteiger partial charge in [0.1, 0.15) is 11.5 Å². The highest BCUT2D eigenvalue weighted by atomic mass is 35.5. The molecule has 1 N–H and O–H groups in total. The van der Waals surface area contributed by atoms with Gasteiger partial charge >= 0.3 is 0 Å². The summed E-state index contributed by atoms with van der Waals surface area (Å²) in [5, 5.41) is 12.0. The minimum atomic E-state index is 0.664. The third kappa shape index (κ3) is 4.18. The largest absolute Gasteiger partial charge is 0.339 e. The first-order chi connectivity index (χ1) is 11.6. The molecule has 0 fully saturated rings. The lowest BCUT2D eigenvalue weighted by Gasteiger charge is -2.09. The maximum absolute atomic E-state index is 6.02. The molecule has 3 aromatic rings. The predicted molar refractivity (Wildman–Crippen MR) is 97.9 cm³/mol. The van der Waals surface area contributed by atoms with E-state index in [-0.39, 0.29) is 0 Å². The summed E-state index contributed by atoms with van der Waals surface area (Å²) >= 11 is 6.02. The highest BCUT2D eigenvalue weighted by Crippen LogP contribution is 2.17. The van der Waals surface area contributed by atoms with E-state index in [1.54, 1.807) is 0 Å². The summed E-state index contributed by atoms with van der Waals surface area (Å²) in [5.41, 5.74) is 4.51. The highest BCUT2D eigenvalue weighted by Gasteiger charge is 2.04. The van der Waals surface area contributed by atoms with Gasteiger partial charge in [0.2, 0.25) is 0 Å². The molecule has 0 saturated carbocycles. The van der Waals surface area contributed by atoms with E-state index < -0.39 is 0 Å². The van der Waals surface area contributed by atoms with Gasteiger partial charge in [-0.3, -0.25) is 0 Å². The van der Waals surface area contributed by atoms with Crippen molar-refractivity contribution in [3.8, 4) is 0 Å². The molecule has 0 radical (unpaired) electrons. The van der Waals surface area contributed by atoms with Crippen LogP contribution in [0.2, 0.25) is 5.02 Å². The number of hydrogen-bond donors (Lipinski definition) is 1. The molecule has 0 aliphatic carbocycles. The molecule has 0 aliphatic rings. The smallest absolute Gasteiger partial charge is 0.130 e. The van der Waals surface area contributed by atoms with E-state index in [1.165, 1.54) is 0 Å². The fourth-order valence-electron chi connectivity index (χ4n) is 2.26. The monoisotopic (exact) mass is 336 g/mol. The Kier molecular flexibility index (Phi) is 4.87. The van der Waals surface area contributed by atoms with Crippen LogP contribution in [-0.4, -0.2) is 15.2 Å². The number of hydrogen-bond acceptors (Lipinski definition) is 4. The van der Waals surface area contributed by atoms with Crippen LogP contribution in [-0.2, 0) is 6.42 Å². The van der Waals surface area contributed by atoms with E-state index in [0.29, 0.717) is 11.4 Å². The van der Waals surface area contributed by atoms with Gasteiger partial charge in [-0.25, -0.2) is 4.98 Å². The molecule has 2 heterocycles. The summed E-state index contributed by atoms with van der Waals surface area (Å²) < 4.78 is 0. The number of nitrogens with zero attached hydrogens (tertiary/aromatic N) is 3. The zero-order valence-corrected chi connectivity index (χ0v) is 14.1. The Balaban J connectivity index is 1.66. The van der Waals surface area contributed by atoms with E-state index >= 15 is 0 Å². The van der Waals surface area contributed by atoms with Crippen LogP contribution in [0.15, 0.2) is 61.3 Å². The van der Waals surface area contributed by atoms with Crippen molar-refractivity contribution >= 4 is 23.1 Å². The topological polar surface area (TPSA) is 50.7 Å². The molecular weight excluding hydrogens is 320 g/mol. The molecule has 0 aliphatic heterocycles. The van der Waals surface area contributed by atoms with Gasteiger partial charge in [0.05, 0.1) is 11.4 Å². The van der Waals surface area contributed by atoms with E-state index in [1.807, 2.05) is 55.6 Å². The highest BCUT2D eigenvalue weighted by molar-refractivity contribution is 6.30. The van der Waals surface area contributed by atoms with Crippen molar-refractivity contribution in [3.63, 3.8) is 0 Å². The second kappa shape index (κ2) is 7.23. The van der Waals surface area contributed by atoms with E-state index in [9.17, 15) is 0 Å². The van der Waals surface area contributed by atoms with E-state index in [0.717, 1.165) is 34.1 Å². The summed E-state index contributed by atoms with van der Waals surface area (Å²) in [4.78, 5) is 4.43. The van der Waals surface area contributed by atoms with Crippen molar-refractivity contribution < 1.29 is 0 Å². The average Bonchev–Trinajstić information content (AvgIpc) is 2.57. The van der Waals surface area contributed by atoms with Gasteiger partial charge < -0.3 is 5.32 Å². The number of benzene rings is 1. The normalized spacial score (nSPS) is 10.4. The third-order valence-electron chi connectivity index (χ3n) is 3.51. The first-order valence-corrected chi connectivity index (χ1v) is 7.94. The molecule has 1 aromatic carbocycles. The quantitative estimate of drug-likeness (QED) is 0.745. The second-order valence-electron chi connectivity index (χ2n) is 5.52. The van der Waals surface area contributed by atoms with Crippen LogP contribution in [0.5, 0.6) is 0 Å². The zero-order valence-electron chi connectivity index (χ0n) is 13.3. The van der Waals surface area contributed by atoms with Crippen molar-refractivity contribution in [2.75, 3.05) is 5.32 Å². The number of anilines is 1. The molecule has 3 rings (SSSR count). The molecule has 0 saturated heterocycles. The summed E-state index contributed by atoms with van der Waals surface area (Å²) in [7, 11) is 0. The van der Waals surface area contributed by atoms with Gasteiger partial charge in [-0.05, 0) is 54.8 Å². The van der Waals surface area contributed by atoms with Crippen LogP contribution in [0.4, 0.5) is 5.82 Å². The zero-order chi connectivity index (χ0) is 16.9. The average molecular weight is 337 g/mol. The standard InChI is InChI=1S/C19H17ClN4/c1-13-6-8-18(24-23-13)14(2)22-19-9-7-16(12-21-19)10-15-4-3-5-17(20)11-15/h3-9,11-12H,2,10H2,1H3,(H,21,22). The van der Waals surface area contributed by atoms with Crippen molar-refractivity contribution in [1.82, 2.24) is 15.2 Å². The van der Waals surface area contributed by atoms with Crippen molar-refractivity contribution in [2.24, 2.45) is 0 Å². The molecule has 0 amide bonds. The number of nitrogens with one attached hydrogen (secondary N) is 1. The molecular formula is C19H17ClN4. The SMILES string of the molecule is C=C(Nc1ccc(Cc2cccc(Cl)c2)cn1)c1ccc(C)nn1. The maximum atomic E-state index is 6.02. The third-order valence-corrected chi connectivity index (χ3v) is 3.74. The first-order valence-electron chi connectivity index (χ1n) is 7.56. The maximum Gasteiger partial charge on any atom is 0.130 e. The fraction of sp³-hybridized carbons (Fsp3) is 0.105. The van der Waals surface area contributed by atoms with Crippen molar-refractivity contribution in [3.05, 3.63) is 88.8 Å². The summed E-state index contributed by atoms with van der Waals surface area (Å²) in [6.07, 6.45) is 2.63. The van der Waals surface area contributed by atoms with Crippen molar-refractivity contribution in [2.45, 2.75) is 13.3 Å². The molecule has 0 unspecified atom stereocenters. The Labute approximate surface area is 146 Å². The van der Waals surface area contributed by atoms with Crippen LogP contribution in [0, 0.1) is 6.92 Å². The minimum absolute atomic E-state index is 0.664. The molecule has 5 heteroatoms. The number of pyridine rings is 1. The van der Waals surface area contributed by atoms with Gasteiger partial charge in [0, 0.05) is 11.2 Å². The van der Waals surface area contributed by atoms with E-state index in [2.05, 4.69) is 33.1 Å². The lowest BCUT2D eigenvalue weighted by Crippen LogP contribution is -2.03. The number of rotatable bonds is 5. The molecule has 0 bridgehead atoms. The van der Waals surface area contributed by atoms with Gasteiger partial charge in [-0.15, -0.1) is 5.10 Å². The number of halogens is 1. The molecule has 120 valence electrons. The molecule has 4 nitrogen and oxygen atoms in total. The molecule has 0 spiro atoms. The lowest BCUT2D eigenvalue weighted by atomic mass is 10.1. The van der Waals surface area contributed by atoms with E-state index in [4.69, 9.17) is 11.6 Å². The predicted octanol–water partition coefficient (Wildman–Crippen LogP) is 4.51. The molecule has 24 heavy (non-hydrogen) atoms. The number of aryl methyl sites for hydroxylation is 1. The summed E-state index contributed by atoms with van der Waals surface area (Å²) in [6.45, 7) is 5.88. The number of aromatic nitrogens is 3. The van der Waals surface area contributed by atoms with Crippen LogP contribution in [0.25, 0.3) is 5.70 Å².